The minimum absolute atomic E-state index is 0.0379. The summed E-state index contributed by atoms with van der Waals surface area (Å²) in [5.41, 5.74) is -0.0525. The molecule has 0 radical (unpaired) electrons. The maximum atomic E-state index is 12.5. The highest BCUT2D eigenvalue weighted by molar-refractivity contribution is 6.01. The zero-order chi connectivity index (χ0) is 12.9. The number of aromatic nitrogens is 2. The molecule has 0 fully saturated rings. The minimum Gasteiger partial charge on any atom is -0.370 e. The lowest BCUT2D eigenvalue weighted by molar-refractivity contribution is -0.00345. The van der Waals surface area contributed by atoms with Crippen LogP contribution in [-0.4, -0.2) is 28.3 Å². The number of Topliss-reactive ketones (excluding diaryl/α,β-unsaturated/α-hetero) is 1. The molecular formula is C13H22N2O2. The van der Waals surface area contributed by atoms with Crippen molar-refractivity contribution in [3.8, 4) is 0 Å². The van der Waals surface area contributed by atoms with Crippen molar-refractivity contribution < 1.29 is 9.53 Å². The lowest BCUT2D eigenvalue weighted by atomic mass is 9.90. The molecule has 0 aliphatic carbocycles. The average molecular weight is 238 g/mol. The van der Waals surface area contributed by atoms with Gasteiger partial charge in [-0.15, -0.1) is 0 Å². The van der Waals surface area contributed by atoms with Crippen LogP contribution >= 0.6 is 0 Å². The van der Waals surface area contributed by atoms with Crippen LogP contribution in [0.1, 0.15) is 50.5 Å². The molecule has 0 aliphatic rings. The van der Waals surface area contributed by atoms with Gasteiger partial charge in [0.2, 0.25) is 5.78 Å². The molecule has 0 saturated carbocycles. The van der Waals surface area contributed by atoms with Crippen molar-refractivity contribution in [3.63, 3.8) is 0 Å². The fourth-order valence-corrected chi connectivity index (χ4v) is 2.10. The van der Waals surface area contributed by atoms with E-state index in [-0.39, 0.29) is 5.78 Å². The van der Waals surface area contributed by atoms with Crippen LogP contribution < -0.4 is 0 Å². The van der Waals surface area contributed by atoms with Gasteiger partial charge >= 0.3 is 0 Å². The van der Waals surface area contributed by atoms with E-state index in [9.17, 15) is 4.79 Å². The van der Waals surface area contributed by atoms with Crippen molar-refractivity contribution >= 4 is 5.78 Å². The van der Waals surface area contributed by atoms with E-state index < -0.39 is 5.60 Å². The predicted octanol–water partition coefficient (Wildman–Crippen LogP) is 2.68. The van der Waals surface area contributed by atoms with E-state index in [1.54, 1.807) is 24.1 Å². The molecule has 0 aliphatic heterocycles. The third-order valence-electron chi connectivity index (χ3n) is 3.33. The zero-order valence-corrected chi connectivity index (χ0v) is 11.2. The monoisotopic (exact) mass is 238 g/mol. The second-order valence-corrected chi connectivity index (χ2v) is 4.17. The Morgan fingerprint density at radius 1 is 1.41 bits per heavy atom. The third-order valence-corrected chi connectivity index (χ3v) is 3.33. The van der Waals surface area contributed by atoms with Crippen molar-refractivity contribution in [2.75, 3.05) is 7.11 Å². The Kier molecular flexibility index (Phi) is 4.87. The number of carbonyl (C=O) groups excluding carboxylic acids is 1. The van der Waals surface area contributed by atoms with Crippen molar-refractivity contribution in [2.45, 2.75) is 52.2 Å². The molecule has 0 amide bonds. The second kappa shape index (κ2) is 5.96. The molecule has 0 unspecified atom stereocenters. The molecule has 0 spiro atoms. The van der Waals surface area contributed by atoms with Crippen molar-refractivity contribution in [3.05, 3.63) is 18.0 Å². The Morgan fingerprint density at radius 3 is 2.53 bits per heavy atom. The second-order valence-electron chi connectivity index (χ2n) is 4.17. The Labute approximate surface area is 103 Å². The van der Waals surface area contributed by atoms with Gasteiger partial charge in [-0.2, -0.15) is 5.10 Å². The van der Waals surface area contributed by atoms with Gasteiger partial charge in [0.1, 0.15) is 11.3 Å². The first-order valence-electron chi connectivity index (χ1n) is 6.26. The molecule has 0 atom stereocenters. The Hall–Kier alpha value is -1.16. The summed E-state index contributed by atoms with van der Waals surface area (Å²) in [6.07, 6.45) is 3.99. The summed E-state index contributed by atoms with van der Waals surface area (Å²) in [6.45, 7) is 6.79. The largest absolute Gasteiger partial charge is 0.370 e. The molecule has 4 heteroatoms. The van der Waals surface area contributed by atoms with Crippen molar-refractivity contribution in [2.24, 2.45) is 0 Å². The van der Waals surface area contributed by atoms with Crippen LogP contribution in [0.2, 0.25) is 0 Å². The van der Waals surface area contributed by atoms with E-state index in [1.165, 1.54) is 0 Å². The van der Waals surface area contributed by atoms with E-state index >= 15 is 0 Å². The molecule has 0 aromatic carbocycles. The highest BCUT2D eigenvalue weighted by atomic mass is 16.5. The van der Waals surface area contributed by atoms with Gasteiger partial charge in [0, 0.05) is 19.9 Å². The van der Waals surface area contributed by atoms with Crippen LogP contribution in [0.4, 0.5) is 0 Å². The summed E-state index contributed by atoms with van der Waals surface area (Å²) in [7, 11) is 1.60. The highest BCUT2D eigenvalue weighted by Crippen LogP contribution is 2.24. The summed E-state index contributed by atoms with van der Waals surface area (Å²) in [5.74, 6) is 0.0379. The molecule has 4 nitrogen and oxygen atoms in total. The lowest BCUT2D eigenvalue weighted by Crippen LogP contribution is -2.40. The number of ether oxygens (including phenoxy) is 1. The lowest BCUT2D eigenvalue weighted by Gasteiger charge is -2.28. The Bertz CT molecular complexity index is 359. The first-order chi connectivity index (χ1) is 8.15. The van der Waals surface area contributed by atoms with E-state index in [4.69, 9.17) is 4.74 Å². The topological polar surface area (TPSA) is 44.1 Å². The van der Waals surface area contributed by atoms with Crippen molar-refractivity contribution in [1.29, 1.82) is 0 Å². The number of aryl methyl sites for hydroxylation is 1. The van der Waals surface area contributed by atoms with Crippen LogP contribution in [-0.2, 0) is 11.3 Å². The summed E-state index contributed by atoms with van der Waals surface area (Å²) in [6, 6.07) is 1.77. The van der Waals surface area contributed by atoms with Gasteiger partial charge in [-0.25, -0.2) is 0 Å². The Balaban J connectivity index is 3.05. The van der Waals surface area contributed by atoms with Gasteiger partial charge in [-0.05, 0) is 25.3 Å². The molecule has 1 rings (SSSR count). The molecule has 1 aromatic heterocycles. The van der Waals surface area contributed by atoms with Gasteiger partial charge in [0.15, 0.2) is 0 Å². The maximum absolute atomic E-state index is 12.5. The molecule has 1 aromatic rings. The molecule has 0 N–H and O–H groups in total. The zero-order valence-electron chi connectivity index (χ0n) is 11.2. The summed E-state index contributed by atoms with van der Waals surface area (Å²) >= 11 is 0. The van der Waals surface area contributed by atoms with E-state index in [0.29, 0.717) is 18.5 Å². The maximum Gasteiger partial charge on any atom is 0.212 e. The average Bonchev–Trinajstić information content (AvgIpc) is 2.80. The smallest absolute Gasteiger partial charge is 0.212 e. The predicted molar refractivity (Wildman–Crippen MR) is 67.2 cm³/mol. The molecule has 0 saturated heterocycles. The quantitative estimate of drug-likeness (QED) is 0.686. The molecule has 0 bridgehead atoms. The van der Waals surface area contributed by atoms with Gasteiger partial charge in [-0.3, -0.25) is 9.48 Å². The van der Waals surface area contributed by atoms with Crippen LogP contribution in [0.15, 0.2) is 12.3 Å². The fraction of sp³-hybridized carbons (Fsp3) is 0.692. The first kappa shape index (κ1) is 13.9. The molecular weight excluding hydrogens is 216 g/mol. The molecule has 96 valence electrons. The van der Waals surface area contributed by atoms with Gasteiger partial charge in [0.05, 0.1) is 0 Å². The van der Waals surface area contributed by atoms with Crippen LogP contribution in [0.3, 0.4) is 0 Å². The first-order valence-corrected chi connectivity index (χ1v) is 6.26. The normalized spacial score (nSPS) is 11.8. The standard InChI is InChI=1S/C13H22N2O2/c1-5-10-15-11(8-9-14-15)12(16)13(6-2,7-3)17-4/h8-9H,5-7,10H2,1-4H3. The number of methoxy groups -OCH3 is 1. The number of ketones is 1. The van der Waals surface area contributed by atoms with Crippen LogP contribution in [0.5, 0.6) is 0 Å². The number of hydrogen-bond donors (Lipinski definition) is 0. The summed E-state index contributed by atoms with van der Waals surface area (Å²) in [5, 5.41) is 4.18. The van der Waals surface area contributed by atoms with Crippen LogP contribution in [0, 0.1) is 0 Å². The molecule has 1 heterocycles. The third kappa shape index (κ3) is 2.57. The molecule has 17 heavy (non-hydrogen) atoms. The highest BCUT2D eigenvalue weighted by Gasteiger charge is 2.37. The minimum atomic E-state index is -0.703. The van der Waals surface area contributed by atoms with Crippen LogP contribution in [0.25, 0.3) is 0 Å². The van der Waals surface area contributed by atoms with Gasteiger partial charge in [0.25, 0.3) is 0 Å². The summed E-state index contributed by atoms with van der Waals surface area (Å²) in [4.78, 5) is 12.5. The SMILES string of the molecule is CCCn1nccc1C(=O)C(CC)(CC)OC. The van der Waals surface area contributed by atoms with E-state index in [0.717, 1.165) is 13.0 Å². The van der Waals surface area contributed by atoms with E-state index in [1.807, 2.05) is 13.8 Å². The number of hydrogen-bond acceptors (Lipinski definition) is 3. The Morgan fingerprint density at radius 2 is 2.06 bits per heavy atom. The number of nitrogens with zero attached hydrogens (tertiary/aromatic N) is 2. The fourth-order valence-electron chi connectivity index (χ4n) is 2.10. The van der Waals surface area contributed by atoms with Crippen molar-refractivity contribution in [1.82, 2.24) is 9.78 Å². The number of carbonyl (C=O) groups is 1. The summed E-state index contributed by atoms with van der Waals surface area (Å²) < 4.78 is 7.23. The number of rotatable bonds is 7. The van der Waals surface area contributed by atoms with Gasteiger partial charge in [-0.1, -0.05) is 20.8 Å². The van der Waals surface area contributed by atoms with Gasteiger partial charge < -0.3 is 4.74 Å². The van der Waals surface area contributed by atoms with E-state index in [2.05, 4.69) is 12.0 Å².